The second-order valence-electron chi connectivity index (χ2n) is 9.51. The molecule has 0 unspecified atom stereocenters. The van der Waals surface area contributed by atoms with Gasteiger partial charge in [-0.25, -0.2) is 4.39 Å². The van der Waals surface area contributed by atoms with Crippen molar-refractivity contribution in [2.24, 2.45) is 11.1 Å². The van der Waals surface area contributed by atoms with Gasteiger partial charge >= 0.3 is 6.36 Å². The van der Waals surface area contributed by atoms with E-state index in [9.17, 15) is 22.8 Å². The Balaban J connectivity index is 2.14. The molecule has 8 nitrogen and oxygen atoms in total. The predicted molar refractivity (Wildman–Crippen MR) is 157 cm³/mol. The molecule has 0 saturated carbocycles. The van der Waals surface area contributed by atoms with Crippen LogP contribution in [0, 0.1) is 23.1 Å². The van der Waals surface area contributed by atoms with Crippen molar-refractivity contribution in [3.05, 3.63) is 71.3 Å². The first kappa shape index (κ1) is 32.8. The number of hydrogen-bond acceptors (Lipinski definition) is 9. The maximum absolute atomic E-state index is 15.5. The third kappa shape index (κ3) is 9.97. The first-order valence-electron chi connectivity index (χ1n) is 11.7. The average molecular weight is 642 g/mol. The van der Waals surface area contributed by atoms with Crippen LogP contribution in [0.4, 0.5) is 23.2 Å². The molecule has 222 valence electrons. The van der Waals surface area contributed by atoms with Crippen LogP contribution >= 0.6 is 37.9 Å². The Morgan fingerprint density at radius 1 is 0.952 bits per heavy atom. The minimum atomic E-state index is -5.02. The number of carbonyl (C=O) groups excluding carboxylic acids is 2. The van der Waals surface area contributed by atoms with Gasteiger partial charge in [-0.05, 0) is 57.2 Å². The van der Waals surface area contributed by atoms with Gasteiger partial charge in [-0.2, -0.15) is 0 Å². The highest BCUT2D eigenvalue weighted by atomic mass is 32.2. The Kier molecular flexibility index (Phi) is 9.86. The number of ether oxygens (including phenoxy) is 3. The molecule has 0 bridgehead atoms. The summed E-state index contributed by atoms with van der Waals surface area (Å²) in [5.74, 6) is 1.09. The van der Waals surface area contributed by atoms with E-state index in [1.807, 2.05) is 20.8 Å². The van der Waals surface area contributed by atoms with E-state index >= 15 is 4.39 Å². The van der Waals surface area contributed by atoms with Gasteiger partial charge in [-0.3, -0.25) is 14.6 Å². The fourth-order valence-electron chi connectivity index (χ4n) is 3.17. The van der Waals surface area contributed by atoms with Crippen LogP contribution in [-0.4, -0.2) is 26.8 Å². The molecule has 0 aliphatic rings. The summed E-state index contributed by atoms with van der Waals surface area (Å²) in [7, 11) is 0. The van der Waals surface area contributed by atoms with E-state index in [0.717, 1.165) is 24.3 Å². The van der Waals surface area contributed by atoms with E-state index in [0.29, 0.717) is 0 Å². The molecule has 1 heterocycles. The molecule has 0 spiro atoms. The molecular weight excluding hydrogens is 619 g/mol. The number of aromatic nitrogens is 1. The Hall–Kier alpha value is -3.74. The number of benzene rings is 2. The number of thiol groups is 3. The Morgan fingerprint density at radius 2 is 1.64 bits per heavy atom. The number of anilines is 1. The normalized spacial score (nSPS) is 11.7. The summed E-state index contributed by atoms with van der Waals surface area (Å²) in [5, 5.41) is 2.43. The molecule has 0 saturated heterocycles. The number of nitrogens with zero attached hydrogens (tertiary/aromatic N) is 1. The number of halogens is 4. The summed E-state index contributed by atoms with van der Waals surface area (Å²) in [6, 6.07) is 7.56. The van der Waals surface area contributed by atoms with Crippen LogP contribution in [0.2, 0.25) is 0 Å². The molecule has 42 heavy (non-hydrogen) atoms. The van der Waals surface area contributed by atoms with Crippen molar-refractivity contribution in [3.8, 4) is 34.8 Å². The zero-order valence-corrected chi connectivity index (χ0v) is 24.7. The van der Waals surface area contributed by atoms with Crippen LogP contribution in [0.25, 0.3) is 0 Å². The molecule has 1 aromatic heterocycles. The number of nitrogens with two attached hydrogens (primary N) is 1. The molecule has 0 aliphatic carbocycles. The SMILES string of the molecule is CC(C)(C)C#Cc1cc(F)c(C(=O)Nc2ccnc(C(N)=O)c2)c(Oc2ccc(OC(F)(F)F)cc2OC(S)(S)S)c1. The van der Waals surface area contributed by atoms with Gasteiger partial charge in [-0.1, -0.05) is 11.8 Å². The minimum Gasteiger partial charge on any atom is -0.455 e. The van der Waals surface area contributed by atoms with Gasteiger partial charge in [0.15, 0.2) is 11.5 Å². The average Bonchev–Trinajstić information content (AvgIpc) is 2.82. The Labute approximate surface area is 254 Å². The summed E-state index contributed by atoms with van der Waals surface area (Å²) in [6.07, 6.45) is -3.81. The summed E-state index contributed by atoms with van der Waals surface area (Å²) >= 11 is 12.0. The van der Waals surface area contributed by atoms with Crippen molar-refractivity contribution < 1.29 is 41.4 Å². The van der Waals surface area contributed by atoms with Gasteiger partial charge < -0.3 is 25.3 Å². The number of pyridine rings is 1. The van der Waals surface area contributed by atoms with Crippen molar-refractivity contribution in [1.29, 1.82) is 0 Å². The minimum absolute atomic E-state index is 0.0634. The largest absolute Gasteiger partial charge is 0.573 e. The number of hydrogen-bond donors (Lipinski definition) is 5. The van der Waals surface area contributed by atoms with Gasteiger partial charge in [0.05, 0.1) is 0 Å². The first-order valence-corrected chi connectivity index (χ1v) is 13.0. The summed E-state index contributed by atoms with van der Waals surface area (Å²) in [4.78, 5) is 28.5. The lowest BCUT2D eigenvalue weighted by Crippen LogP contribution is -2.18. The topological polar surface area (TPSA) is 113 Å². The van der Waals surface area contributed by atoms with E-state index < -0.39 is 50.1 Å². The zero-order chi connectivity index (χ0) is 31.5. The maximum atomic E-state index is 15.5. The Bertz CT molecular complexity index is 1580. The summed E-state index contributed by atoms with van der Waals surface area (Å²) in [5.41, 5.74) is 4.19. The van der Waals surface area contributed by atoms with Gasteiger partial charge in [-0.15, -0.1) is 51.1 Å². The fraction of sp³-hybridized carbons (Fsp3) is 0.222. The third-order valence-electron chi connectivity index (χ3n) is 4.75. The molecule has 3 rings (SSSR count). The van der Waals surface area contributed by atoms with E-state index in [-0.39, 0.29) is 28.4 Å². The lowest BCUT2D eigenvalue weighted by Gasteiger charge is -2.22. The van der Waals surface area contributed by atoms with Crippen molar-refractivity contribution in [3.63, 3.8) is 0 Å². The van der Waals surface area contributed by atoms with E-state index in [4.69, 9.17) is 15.2 Å². The van der Waals surface area contributed by atoms with Crippen molar-refractivity contribution >= 4 is 55.4 Å². The molecule has 3 aromatic rings. The summed E-state index contributed by atoms with van der Waals surface area (Å²) < 4.78 is 67.3. The first-order chi connectivity index (χ1) is 19.3. The second-order valence-corrected chi connectivity index (χ2v) is 12.5. The number of rotatable bonds is 8. The highest BCUT2D eigenvalue weighted by molar-refractivity contribution is 8.16. The van der Waals surface area contributed by atoms with Crippen molar-refractivity contribution in [2.45, 2.75) is 30.7 Å². The van der Waals surface area contributed by atoms with Crippen LogP contribution in [0.15, 0.2) is 48.7 Å². The molecule has 15 heteroatoms. The van der Waals surface area contributed by atoms with Crippen LogP contribution in [0.3, 0.4) is 0 Å². The third-order valence-corrected chi connectivity index (χ3v) is 5.02. The lowest BCUT2D eigenvalue weighted by molar-refractivity contribution is -0.274. The lowest BCUT2D eigenvalue weighted by atomic mass is 9.97. The van der Waals surface area contributed by atoms with Gasteiger partial charge in [0.1, 0.15) is 28.6 Å². The summed E-state index contributed by atoms with van der Waals surface area (Å²) in [6.45, 7) is 5.49. The van der Waals surface area contributed by atoms with Gasteiger partial charge in [0.2, 0.25) is 3.60 Å². The van der Waals surface area contributed by atoms with Gasteiger partial charge in [0, 0.05) is 28.9 Å². The highest BCUT2D eigenvalue weighted by Crippen LogP contribution is 2.42. The van der Waals surface area contributed by atoms with Crippen LogP contribution in [0.1, 0.15) is 47.2 Å². The van der Waals surface area contributed by atoms with E-state index in [1.54, 1.807) is 0 Å². The molecule has 0 fully saturated rings. The quantitative estimate of drug-likeness (QED) is 0.0838. The van der Waals surface area contributed by atoms with E-state index in [1.165, 1.54) is 24.4 Å². The highest BCUT2D eigenvalue weighted by Gasteiger charge is 2.32. The van der Waals surface area contributed by atoms with Crippen LogP contribution < -0.4 is 25.3 Å². The maximum Gasteiger partial charge on any atom is 0.573 e. The molecule has 0 radical (unpaired) electrons. The number of amides is 2. The molecule has 2 amide bonds. The van der Waals surface area contributed by atoms with Crippen molar-refractivity contribution in [2.75, 3.05) is 5.32 Å². The molecular formula is C27H23F4N3O5S3. The van der Waals surface area contributed by atoms with Gasteiger partial charge in [0.25, 0.3) is 11.8 Å². The standard InChI is InChI=1S/C27H23F4N3O5S3/c1-25(2,3)8-6-14-10-17(28)22(24(36)34-15-7-9-33-18(12-15)23(32)35)21(11-14)37-19-5-4-16(38-26(29,30)31)13-20(19)39-27(40,41)42/h4-5,7,9-13,40-42H,1-3H3,(H2,32,35)(H,33,34,36). The number of nitrogens with one attached hydrogen (secondary N) is 1. The molecule has 0 atom stereocenters. The van der Waals surface area contributed by atoms with E-state index in [2.05, 4.69) is 64.8 Å². The van der Waals surface area contributed by atoms with Crippen LogP contribution in [0.5, 0.6) is 23.0 Å². The molecule has 3 N–H and O–H groups in total. The predicted octanol–water partition coefficient (Wildman–Crippen LogP) is 6.44. The molecule has 0 aliphatic heterocycles. The Morgan fingerprint density at radius 3 is 2.24 bits per heavy atom. The smallest absolute Gasteiger partial charge is 0.455 e. The van der Waals surface area contributed by atoms with Crippen LogP contribution in [-0.2, 0) is 0 Å². The monoisotopic (exact) mass is 641 g/mol. The second kappa shape index (κ2) is 12.6. The molecule has 2 aromatic carbocycles. The number of alkyl halides is 3. The number of carbonyl (C=O) groups is 2. The number of primary amides is 1. The fourth-order valence-corrected chi connectivity index (χ4v) is 3.46. The van der Waals surface area contributed by atoms with Crippen molar-refractivity contribution in [1.82, 2.24) is 4.98 Å². The zero-order valence-electron chi connectivity index (χ0n) is 22.0.